The molecule has 0 aromatic heterocycles. The van der Waals surface area contributed by atoms with E-state index >= 15 is 0 Å². The number of aldehydes is 1. The molecule has 0 aliphatic heterocycles. The molecule has 0 radical (unpaired) electrons. The molecule has 0 fully saturated rings. The van der Waals surface area contributed by atoms with Crippen LogP contribution in [-0.4, -0.2) is 6.29 Å². The van der Waals surface area contributed by atoms with Gasteiger partial charge in [0, 0.05) is 5.56 Å². The fourth-order valence-corrected chi connectivity index (χ4v) is 2.15. The van der Waals surface area contributed by atoms with Gasteiger partial charge in [0.05, 0.1) is 5.56 Å². The third-order valence-electron chi connectivity index (χ3n) is 3.21. The lowest BCUT2D eigenvalue weighted by atomic mass is 9.86. The Kier molecular flexibility index (Phi) is 3.93. The van der Waals surface area contributed by atoms with Gasteiger partial charge in [-0.25, -0.2) is 0 Å². The van der Waals surface area contributed by atoms with Crippen molar-refractivity contribution in [2.75, 3.05) is 0 Å². The summed E-state index contributed by atoms with van der Waals surface area (Å²) in [6.45, 7) is 8.39. The fraction of sp³-hybridized carbons (Fsp3) is 0.278. The van der Waals surface area contributed by atoms with Crippen LogP contribution in [0.2, 0.25) is 0 Å². The number of carbonyl (C=O) groups excluding carboxylic acids is 1. The average molecular weight is 268 g/mol. The molecule has 0 aliphatic rings. The van der Waals surface area contributed by atoms with Crippen LogP contribution >= 0.6 is 0 Å². The summed E-state index contributed by atoms with van der Waals surface area (Å²) in [5.41, 5.74) is 2.73. The smallest absolute Gasteiger partial charge is 0.153 e. The first-order chi connectivity index (χ1) is 9.41. The Hall–Kier alpha value is -2.09. The normalized spacial score (nSPS) is 11.2. The number of hydrogen-bond donors (Lipinski definition) is 0. The van der Waals surface area contributed by atoms with Crippen LogP contribution in [0.3, 0.4) is 0 Å². The molecule has 2 aromatic rings. The first kappa shape index (κ1) is 14.3. The van der Waals surface area contributed by atoms with Gasteiger partial charge in [0.1, 0.15) is 11.5 Å². The third-order valence-corrected chi connectivity index (χ3v) is 3.21. The minimum absolute atomic E-state index is 0.0113. The Morgan fingerprint density at radius 2 is 1.70 bits per heavy atom. The van der Waals surface area contributed by atoms with Crippen molar-refractivity contribution in [1.29, 1.82) is 0 Å². The van der Waals surface area contributed by atoms with Gasteiger partial charge >= 0.3 is 0 Å². The fourth-order valence-electron chi connectivity index (χ4n) is 2.15. The highest BCUT2D eigenvalue weighted by atomic mass is 16.5. The largest absolute Gasteiger partial charge is 0.456 e. The highest BCUT2D eigenvalue weighted by molar-refractivity contribution is 5.79. The van der Waals surface area contributed by atoms with Crippen LogP contribution in [0.1, 0.15) is 42.3 Å². The standard InChI is InChI=1S/C18H20O2/c1-13-9-10-16(14(11-13)12-19)20-17-8-6-5-7-15(17)18(2,3)4/h5-12H,1-4H3. The van der Waals surface area contributed by atoms with Crippen LogP contribution in [0.4, 0.5) is 0 Å². The molecule has 0 spiro atoms. The number of benzene rings is 2. The Balaban J connectivity index is 2.43. The second-order valence-electron chi connectivity index (χ2n) is 6.01. The van der Waals surface area contributed by atoms with E-state index < -0.39 is 0 Å². The zero-order chi connectivity index (χ0) is 14.8. The van der Waals surface area contributed by atoms with E-state index in [0.717, 1.165) is 23.2 Å². The molecule has 2 nitrogen and oxygen atoms in total. The molecule has 0 saturated carbocycles. The zero-order valence-corrected chi connectivity index (χ0v) is 12.4. The summed E-state index contributed by atoms with van der Waals surface area (Å²) in [6, 6.07) is 13.6. The Morgan fingerprint density at radius 1 is 1.00 bits per heavy atom. The van der Waals surface area contributed by atoms with E-state index in [9.17, 15) is 4.79 Å². The van der Waals surface area contributed by atoms with Crippen LogP contribution < -0.4 is 4.74 Å². The molecule has 0 atom stereocenters. The van der Waals surface area contributed by atoms with Crippen molar-refractivity contribution in [3.8, 4) is 11.5 Å². The summed E-state index contributed by atoms with van der Waals surface area (Å²) in [5.74, 6) is 1.40. The maximum Gasteiger partial charge on any atom is 0.153 e. The molecule has 0 saturated heterocycles. The Morgan fingerprint density at radius 3 is 2.35 bits per heavy atom. The van der Waals surface area contributed by atoms with Gasteiger partial charge in [0.2, 0.25) is 0 Å². The molecule has 0 aliphatic carbocycles. The molecule has 0 N–H and O–H groups in total. The minimum Gasteiger partial charge on any atom is -0.456 e. The summed E-state index contributed by atoms with van der Waals surface area (Å²) in [7, 11) is 0. The number of para-hydroxylation sites is 1. The number of carbonyl (C=O) groups is 1. The summed E-state index contributed by atoms with van der Waals surface area (Å²) < 4.78 is 5.98. The number of aryl methyl sites for hydroxylation is 1. The lowest BCUT2D eigenvalue weighted by molar-refractivity contribution is 0.112. The highest BCUT2D eigenvalue weighted by Crippen LogP contribution is 2.34. The predicted molar refractivity (Wildman–Crippen MR) is 81.8 cm³/mol. The van der Waals surface area contributed by atoms with Crippen molar-refractivity contribution in [3.63, 3.8) is 0 Å². The summed E-state index contributed by atoms with van der Waals surface area (Å²) in [5, 5.41) is 0. The minimum atomic E-state index is -0.0113. The van der Waals surface area contributed by atoms with Crippen molar-refractivity contribution in [3.05, 3.63) is 59.2 Å². The quantitative estimate of drug-likeness (QED) is 0.740. The van der Waals surface area contributed by atoms with Crippen molar-refractivity contribution in [1.82, 2.24) is 0 Å². The van der Waals surface area contributed by atoms with Crippen LogP contribution in [-0.2, 0) is 5.41 Å². The molecule has 0 unspecified atom stereocenters. The van der Waals surface area contributed by atoms with Crippen molar-refractivity contribution in [2.45, 2.75) is 33.1 Å². The maximum absolute atomic E-state index is 11.2. The molecular formula is C18H20O2. The molecule has 2 aromatic carbocycles. The van der Waals surface area contributed by atoms with Gasteiger partial charge in [-0.3, -0.25) is 4.79 Å². The summed E-state index contributed by atoms with van der Waals surface area (Å²) in [6.07, 6.45) is 0.835. The van der Waals surface area contributed by atoms with Gasteiger partial charge in [0.15, 0.2) is 6.29 Å². The molecule has 104 valence electrons. The van der Waals surface area contributed by atoms with E-state index in [-0.39, 0.29) is 5.41 Å². The third kappa shape index (κ3) is 3.08. The first-order valence-electron chi connectivity index (χ1n) is 6.75. The molecule has 0 heterocycles. The van der Waals surface area contributed by atoms with Gasteiger partial charge in [-0.15, -0.1) is 0 Å². The van der Waals surface area contributed by atoms with Gasteiger partial charge in [0.25, 0.3) is 0 Å². The topological polar surface area (TPSA) is 26.3 Å². The lowest BCUT2D eigenvalue weighted by Gasteiger charge is -2.22. The van der Waals surface area contributed by atoms with Crippen LogP contribution in [0.15, 0.2) is 42.5 Å². The average Bonchev–Trinajstić information content (AvgIpc) is 2.40. The van der Waals surface area contributed by atoms with E-state index in [1.54, 1.807) is 0 Å². The van der Waals surface area contributed by atoms with Crippen LogP contribution in [0.5, 0.6) is 11.5 Å². The van der Waals surface area contributed by atoms with Crippen molar-refractivity contribution < 1.29 is 9.53 Å². The second kappa shape index (κ2) is 5.49. The first-order valence-corrected chi connectivity index (χ1v) is 6.75. The Bertz CT molecular complexity index is 622. The van der Waals surface area contributed by atoms with Crippen LogP contribution in [0, 0.1) is 6.92 Å². The lowest BCUT2D eigenvalue weighted by Crippen LogP contribution is -2.12. The monoisotopic (exact) mass is 268 g/mol. The van der Waals surface area contributed by atoms with Crippen LogP contribution in [0.25, 0.3) is 0 Å². The van der Waals surface area contributed by atoms with Gasteiger partial charge in [-0.2, -0.15) is 0 Å². The molecular weight excluding hydrogens is 248 g/mol. The highest BCUT2D eigenvalue weighted by Gasteiger charge is 2.19. The van der Waals surface area contributed by atoms with Gasteiger partial charge < -0.3 is 4.74 Å². The Labute approximate surface area is 120 Å². The van der Waals surface area contributed by atoms with E-state index in [4.69, 9.17) is 4.74 Å². The molecule has 2 rings (SSSR count). The second-order valence-corrected chi connectivity index (χ2v) is 6.01. The van der Waals surface area contributed by atoms with E-state index in [1.807, 2.05) is 43.3 Å². The number of hydrogen-bond acceptors (Lipinski definition) is 2. The molecule has 20 heavy (non-hydrogen) atoms. The SMILES string of the molecule is Cc1ccc(Oc2ccccc2C(C)(C)C)c(C=O)c1. The maximum atomic E-state index is 11.2. The molecule has 0 bridgehead atoms. The molecule has 0 amide bonds. The van der Waals surface area contributed by atoms with Gasteiger partial charge in [-0.1, -0.05) is 50.6 Å². The van der Waals surface area contributed by atoms with Crippen molar-refractivity contribution >= 4 is 6.29 Å². The number of rotatable bonds is 3. The van der Waals surface area contributed by atoms with E-state index in [0.29, 0.717) is 11.3 Å². The summed E-state index contributed by atoms with van der Waals surface area (Å²) in [4.78, 5) is 11.2. The molecule has 2 heteroatoms. The predicted octanol–water partition coefficient (Wildman–Crippen LogP) is 4.90. The van der Waals surface area contributed by atoms with E-state index in [2.05, 4.69) is 26.8 Å². The zero-order valence-electron chi connectivity index (χ0n) is 12.4. The number of ether oxygens (including phenoxy) is 1. The summed E-state index contributed by atoms with van der Waals surface area (Å²) >= 11 is 0. The van der Waals surface area contributed by atoms with Crippen molar-refractivity contribution in [2.24, 2.45) is 0 Å². The van der Waals surface area contributed by atoms with Gasteiger partial charge in [-0.05, 0) is 30.5 Å². The van der Waals surface area contributed by atoms with E-state index in [1.165, 1.54) is 0 Å².